The number of non-ortho nitro benzene ring substituents is 1. The normalized spacial score (nSPS) is 12.7. The van der Waals surface area contributed by atoms with Crippen LogP contribution >= 0.6 is 0 Å². The molecule has 134 valence electrons. The molecule has 0 aliphatic heterocycles. The molecular formula is C16H21N5O4. The molecule has 9 nitrogen and oxygen atoms in total. The third-order valence-corrected chi connectivity index (χ3v) is 3.85. The van der Waals surface area contributed by atoms with Gasteiger partial charge in [-0.05, 0) is 40.7 Å². The van der Waals surface area contributed by atoms with Crippen molar-refractivity contribution in [2.75, 3.05) is 5.32 Å². The number of anilines is 1. The molecule has 0 bridgehead atoms. The fourth-order valence-corrected chi connectivity index (χ4v) is 2.46. The first-order valence-electron chi connectivity index (χ1n) is 7.76. The van der Waals surface area contributed by atoms with Gasteiger partial charge in [0.2, 0.25) is 0 Å². The molecule has 9 heteroatoms. The standard InChI is InChI=1S/C16H21N5O4/c1-10(13-9-19(16(3,4)5)18-11(13)2)17-14-7-6-12(20(22)23)8-15(14)21(24)25/h6-10,17H,1-5H3. The van der Waals surface area contributed by atoms with Crippen LogP contribution in [-0.4, -0.2) is 19.6 Å². The molecular weight excluding hydrogens is 326 g/mol. The second-order valence-corrected chi connectivity index (χ2v) is 6.87. The largest absolute Gasteiger partial charge is 0.373 e. The lowest BCUT2D eigenvalue weighted by molar-refractivity contribution is -0.393. The Morgan fingerprint density at radius 3 is 2.32 bits per heavy atom. The van der Waals surface area contributed by atoms with Crippen LogP contribution in [0.2, 0.25) is 0 Å². The minimum absolute atomic E-state index is 0.178. The number of hydrogen-bond acceptors (Lipinski definition) is 6. The quantitative estimate of drug-likeness (QED) is 0.647. The lowest BCUT2D eigenvalue weighted by Crippen LogP contribution is -2.22. The van der Waals surface area contributed by atoms with Gasteiger partial charge in [0.1, 0.15) is 5.69 Å². The number of aryl methyl sites for hydroxylation is 1. The minimum atomic E-state index is -0.655. The van der Waals surface area contributed by atoms with E-state index in [-0.39, 0.29) is 28.6 Å². The zero-order valence-corrected chi connectivity index (χ0v) is 14.8. The summed E-state index contributed by atoms with van der Waals surface area (Å²) < 4.78 is 1.85. The van der Waals surface area contributed by atoms with Gasteiger partial charge in [0, 0.05) is 17.8 Å². The zero-order chi connectivity index (χ0) is 18.9. The van der Waals surface area contributed by atoms with Crippen molar-refractivity contribution in [1.29, 1.82) is 0 Å². The molecule has 1 atom stereocenters. The Kier molecular flexibility index (Phi) is 4.78. The summed E-state index contributed by atoms with van der Waals surface area (Å²) in [5.41, 5.74) is 1.12. The summed E-state index contributed by atoms with van der Waals surface area (Å²) in [6, 6.07) is 3.31. The van der Waals surface area contributed by atoms with E-state index in [0.717, 1.165) is 17.3 Å². The molecule has 0 radical (unpaired) electrons. The van der Waals surface area contributed by atoms with Crippen LogP contribution in [0.3, 0.4) is 0 Å². The maximum atomic E-state index is 11.2. The maximum absolute atomic E-state index is 11.2. The SMILES string of the molecule is Cc1nn(C(C)(C)C)cc1C(C)Nc1ccc([N+](=O)[O-])cc1[N+](=O)[O-]. The first-order chi connectivity index (χ1) is 11.5. The second-order valence-electron chi connectivity index (χ2n) is 6.87. The molecule has 1 heterocycles. The van der Waals surface area contributed by atoms with Gasteiger partial charge in [-0.25, -0.2) is 0 Å². The average molecular weight is 347 g/mol. The van der Waals surface area contributed by atoms with Crippen molar-refractivity contribution in [3.63, 3.8) is 0 Å². The number of nitrogens with one attached hydrogen (secondary N) is 1. The maximum Gasteiger partial charge on any atom is 0.299 e. The Balaban J connectivity index is 2.35. The van der Waals surface area contributed by atoms with Gasteiger partial charge < -0.3 is 5.32 Å². The van der Waals surface area contributed by atoms with Crippen LogP contribution in [0.25, 0.3) is 0 Å². The molecule has 2 rings (SSSR count). The summed E-state index contributed by atoms with van der Waals surface area (Å²) in [6.07, 6.45) is 1.91. The first kappa shape index (κ1) is 18.4. The third-order valence-electron chi connectivity index (χ3n) is 3.85. The molecule has 2 aromatic rings. The van der Waals surface area contributed by atoms with Crippen molar-refractivity contribution in [2.24, 2.45) is 0 Å². The monoisotopic (exact) mass is 347 g/mol. The molecule has 1 unspecified atom stereocenters. The summed E-state index contributed by atoms with van der Waals surface area (Å²) in [6.45, 7) is 9.83. The molecule has 1 N–H and O–H groups in total. The van der Waals surface area contributed by atoms with Crippen LogP contribution in [0.5, 0.6) is 0 Å². The summed E-state index contributed by atoms with van der Waals surface area (Å²) in [5, 5.41) is 29.6. The highest BCUT2D eigenvalue weighted by Gasteiger charge is 2.23. The van der Waals surface area contributed by atoms with Gasteiger partial charge >= 0.3 is 0 Å². The molecule has 0 saturated carbocycles. The van der Waals surface area contributed by atoms with Gasteiger partial charge in [0.25, 0.3) is 11.4 Å². The Hall–Kier alpha value is -2.97. The van der Waals surface area contributed by atoms with Gasteiger partial charge in [-0.15, -0.1) is 0 Å². The molecule has 0 fully saturated rings. The van der Waals surface area contributed by atoms with Gasteiger partial charge in [-0.1, -0.05) is 0 Å². The molecule has 0 saturated heterocycles. The van der Waals surface area contributed by atoms with Gasteiger partial charge in [0.05, 0.1) is 33.2 Å². The molecule has 25 heavy (non-hydrogen) atoms. The van der Waals surface area contributed by atoms with Crippen LogP contribution in [0.15, 0.2) is 24.4 Å². The number of nitrogens with zero attached hydrogens (tertiary/aromatic N) is 4. The second kappa shape index (κ2) is 6.50. The number of aromatic nitrogens is 2. The highest BCUT2D eigenvalue weighted by Crippen LogP contribution is 2.32. The average Bonchev–Trinajstić information content (AvgIpc) is 2.89. The number of hydrogen-bond donors (Lipinski definition) is 1. The van der Waals surface area contributed by atoms with E-state index >= 15 is 0 Å². The molecule has 1 aromatic heterocycles. The summed E-state index contributed by atoms with van der Waals surface area (Å²) in [5.74, 6) is 0. The number of nitro groups is 2. The Labute approximate surface area is 145 Å². The van der Waals surface area contributed by atoms with Crippen molar-refractivity contribution in [3.8, 4) is 0 Å². The smallest absolute Gasteiger partial charge is 0.299 e. The lowest BCUT2D eigenvalue weighted by Gasteiger charge is -2.19. The van der Waals surface area contributed by atoms with Crippen LogP contribution in [0, 0.1) is 27.2 Å². The van der Waals surface area contributed by atoms with E-state index in [1.54, 1.807) is 0 Å². The van der Waals surface area contributed by atoms with Crippen molar-refractivity contribution < 1.29 is 9.85 Å². The Morgan fingerprint density at radius 2 is 1.84 bits per heavy atom. The van der Waals surface area contributed by atoms with Crippen LogP contribution in [-0.2, 0) is 5.54 Å². The molecule has 0 aliphatic rings. The van der Waals surface area contributed by atoms with Crippen LogP contribution in [0.4, 0.5) is 17.1 Å². The summed E-state index contributed by atoms with van der Waals surface area (Å²) in [4.78, 5) is 20.8. The van der Waals surface area contributed by atoms with E-state index in [9.17, 15) is 20.2 Å². The van der Waals surface area contributed by atoms with E-state index < -0.39 is 9.85 Å². The lowest BCUT2D eigenvalue weighted by atomic mass is 10.1. The number of nitro benzene ring substituents is 2. The zero-order valence-electron chi connectivity index (χ0n) is 14.8. The summed E-state index contributed by atoms with van der Waals surface area (Å²) in [7, 11) is 0. The fourth-order valence-electron chi connectivity index (χ4n) is 2.46. The van der Waals surface area contributed by atoms with Crippen molar-refractivity contribution in [3.05, 3.63) is 55.9 Å². The predicted octanol–water partition coefficient (Wildman–Crippen LogP) is 3.94. The van der Waals surface area contributed by atoms with E-state index in [2.05, 4.69) is 10.4 Å². The van der Waals surface area contributed by atoms with Crippen LogP contribution in [0.1, 0.15) is 45.0 Å². The first-order valence-corrected chi connectivity index (χ1v) is 7.76. The van der Waals surface area contributed by atoms with E-state index in [0.29, 0.717) is 0 Å². The van der Waals surface area contributed by atoms with E-state index in [1.165, 1.54) is 12.1 Å². The Bertz CT molecular complexity index is 822. The number of benzene rings is 1. The van der Waals surface area contributed by atoms with E-state index in [1.807, 2.05) is 45.5 Å². The molecule has 0 aliphatic carbocycles. The molecule has 0 spiro atoms. The molecule has 0 amide bonds. The third kappa shape index (κ3) is 3.93. The van der Waals surface area contributed by atoms with Crippen LogP contribution < -0.4 is 5.32 Å². The Morgan fingerprint density at radius 1 is 1.20 bits per heavy atom. The van der Waals surface area contributed by atoms with Crippen molar-refractivity contribution >= 4 is 17.1 Å². The summed E-state index contributed by atoms with van der Waals surface area (Å²) >= 11 is 0. The molecule has 1 aromatic carbocycles. The fraction of sp³-hybridized carbons (Fsp3) is 0.438. The van der Waals surface area contributed by atoms with Gasteiger partial charge in [-0.3, -0.25) is 24.9 Å². The van der Waals surface area contributed by atoms with Gasteiger partial charge in [-0.2, -0.15) is 5.10 Å². The highest BCUT2D eigenvalue weighted by molar-refractivity contribution is 5.66. The topological polar surface area (TPSA) is 116 Å². The van der Waals surface area contributed by atoms with Crippen molar-refractivity contribution in [1.82, 2.24) is 9.78 Å². The van der Waals surface area contributed by atoms with Crippen molar-refractivity contribution in [2.45, 2.75) is 46.2 Å². The number of rotatable bonds is 5. The van der Waals surface area contributed by atoms with Gasteiger partial charge in [0.15, 0.2) is 0 Å². The highest BCUT2D eigenvalue weighted by atomic mass is 16.6. The minimum Gasteiger partial charge on any atom is -0.373 e. The predicted molar refractivity (Wildman–Crippen MR) is 93.7 cm³/mol. The van der Waals surface area contributed by atoms with E-state index in [4.69, 9.17) is 0 Å².